The van der Waals surface area contributed by atoms with Crippen molar-refractivity contribution >= 4 is 11.8 Å². The van der Waals surface area contributed by atoms with Crippen molar-refractivity contribution in [1.82, 2.24) is 10.6 Å². The summed E-state index contributed by atoms with van der Waals surface area (Å²) in [5.74, 6) is 0.818. The summed E-state index contributed by atoms with van der Waals surface area (Å²) in [5.41, 5.74) is 0.888. The summed E-state index contributed by atoms with van der Waals surface area (Å²) in [5, 5.41) is 5.53. The molecule has 156 valence electrons. The summed E-state index contributed by atoms with van der Waals surface area (Å²) >= 11 is 0. The minimum absolute atomic E-state index is 0.167. The second-order valence-corrected chi connectivity index (χ2v) is 7.34. The highest BCUT2D eigenvalue weighted by Gasteiger charge is 2.22. The Hall–Kier alpha value is -2.96. The number of benzene rings is 1. The van der Waals surface area contributed by atoms with E-state index in [1.165, 1.54) is 19.1 Å². The zero-order chi connectivity index (χ0) is 20.8. The van der Waals surface area contributed by atoms with Crippen molar-refractivity contribution in [3.8, 4) is 11.5 Å². The van der Waals surface area contributed by atoms with Crippen molar-refractivity contribution < 1.29 is 23.5 Å². The van der Waals surface area contributed by atoms with Gasteiger partial charge in [-0.2, -0.15) is 0 Å². The van der Waals surface area contributed by atoms with E-state index in [0.29, 0.717) is 5.75 Å². The van der Waals surface area contributed by atoms with Crippen LogP contribution in [0.1, 0.15) is 61.7 Å². The number of hydrogen-bond donors (Lipinski definition) is 2. The number of nitrogens with one attached hydrogen (secondary N) is 2. The molecule has 2 amide bonds. The Morgan fingerprint density at radius 1 is 1.10 bits per heavy atom. The van der Waals surface area contributed by atoms with Crippen molar-refractivity contribution in [2.75, 3.05) is 7.11 Å². The molecule has 3 rings (SSSR count). The van der Waals surface area contributed by atoms with Gasteiger partial charge in [0.1, 0.15) is 6.04 Å². The predicted molar refractivity (Wildman–Crippen MR) is 108 cm³/mol. The number of amides is 2. The molecular weight excluding hydrogens is 372 g/mol. The van der Waals surface area contributed by atoms with Gasteiger partial charge in [-0.1, -0.05) is 6.07 Å². The standard InChI is InChI=1S/C22H28N2O5/c1-14(23-21(25)15(2)24-22(26)19-9-6-12-28-19)16-10-11-18(20(13-16)27-3)29-17-7-4-5-8-17/h6,9-15,17H,4-5,7-8H2,1-3H3,(H,23,25)(H,24,26)/t14-,15-/m1/s1. The average molecular weight is 400 g/mol. The van der Waals surface area contributed by atoms with Crippen LogP contribution in [0.15, 0.2) is 41.0 Å². The number of rotatable bonds is 8. The molecule has 0 saturated heterocycles. The van der Waals surface area contributed by atoms with Crippen LogP contribution in [-0.4, -0.2) is 31.1 Å². The van der Waals surface area contributed by atoms with Crippen molar-refractivity contribution in [3.63, 3.8) is 0 Å². The molecule has 29 heavy (non-hydrogen) atoms. The molecule has 1 fully saturated rings. The largest absolute Gasteiger partial charge is 0.493 e. The average Bonchev–Trinajstić information content (AvgIpc) is 3.42. The Morgan fingerprint density at radius 2 is 1.86 bits per heavy atom. The number of hydrogen-bond acceptors (Lipinski definition) is 5. The fourth-order valence-corrected chi connectivity index (χ4v) is 3.40. The zero-order valence-electron chi connectivity index (χ0n) is 17.1. The number of carbonyl (C=O) groups excluding carboxylic acids is 2. The van der Waals surface area contributed by atoms with Crippen molar-refractivity contribution in [1.29, 1.82) is 0 Å². The first-order valence-corrected chi connectivity index (χ1v) is 9.97. The quantitative estimate of drug-likeness (QED) is 0.707. The van der Waals surface area contributed by atoms with E-state index in [1.54, 1.807) is 26.2 Å². The maximum Gasteiger partial charge on any atom is 0.287 e. The lowest BCUT2D eigenvalue weighted by Crippen LogP contribution is -2.45. The van der Waals surface area contributed by atoms with Crippen LogP contribution in [0, 0.1) is 0 Å². The summed E-state index contributed by atoms with van der Waals surface area (Å²) in [7, 11) is 1.61. The third-order valence-corrected chi connectivity index (χ3v) is 5.13. The van der Waals surface area contributed by atoms with Gasteiger partial charge in [0, 0.05) is 0 Å². The molecular formula is C22H28N2O5. The second kappa shape index (κ2) is 9.49. The highest BCUT2D eigenvalue weighted by Crippen LogP contribution is 2.33. The van der Waals surface area contributed by atoms with Gasteiger partial charge in [-0.05, 0) is 69.4 Å². The smallest absolute Gasteiger partial charge is 0.287 e. The minimum Gasteiger partial charge on any atom is -0.493 e. The first kappa shape index (κ1) is 20.8. The van der Waals surface area contributed by atoms with Crippen LogP contribution >= 0.6 is 0 Å². The van der Waals surface area contributed by atoms with E-state index in [9.17, 15) is 9.59 Å². The Balaban J connectivity index is 1.59. The Bertz CT molecular complexity index is 828. The molecule has 7 nitrogen and oxygen atoms in total. The number of furan rings is 1. The Kier molecular flexibility index (Phi) is 6.80. The Morgan fingerprint density at radius 3 is 2.52 bits per heavy atom. The van der Waals surface area contributed by atoms with Crippen LogP contribution < -0.4 is 20.1 Å². The van der Waals surface area contributed by atoms with E-state index in [2.05, 4.69) is 10.6 Å². The molecule has 0 unspecified atom stereocenters. The maximum atomic E-state index is 12.5. The molecule has 1 aliphatic rings. The van der Waals surface area contributed by atoms with Gasteiger partial charge in [0.05, 0.1) is 25.5 Å². The lowest BCUT2D eigenvalue weighted by molar-refractivity contribution is -0.123. The van der Waals surface area contributed by atoms with Crippen LogP contribution in [-0.2, 0) is 4.79 Å². The number of carbonyl (C=O) groups is 2. The molecule has 2 aromatic rings. The van der Waals surface area contributed by atoms with Gasteiger partial charge in [-0.15, -0.1) is 0 Å². The highest BCUT2D eigenvalue weighted by atomic mass is 16.5. The third-order valence-electron chi connectivity index (χ3n) is 5.13. The van der Waals surface area contributed by atoms with Crippen LogP contribution in [0.5, 0.6) is 11.5 Å². The first-order valence-electron chi connectivity index (χ1n) is 9.97. The molecule has 7 heteroatoms. The summed E-state index contributed by atoms with van der Waals surface area (Å²) in [6, 6.07) is 7.88. The van der Waals surface area contributed by atoms with E-state index in [0.717, 1.165) is 24.2 Å². The zero-order valence-corrected chi connectivity index (χ0v) is 17.1. The van der Waals surface area contributed by atoms with Gasteiger partial charge >= 0.3 is 0 Å². The van der Waals surface area contributed by atoms with Crippen molar-refractivity contribution in [2.45, 2.75) is 57.7 Å². The molecule has 0 aliphatic heterocycles. The molecule has 1 aromatic carbocycles. The van der Waals surface area contributed by atoms with Gasteiger partial charge in [0.25, 0.3) is 5.91 Å². The highest BCUT2D eigenvalue weighted by molar-refractivity contribution is 5.95. The predicted octanol–water partition coefficient (Wildman–Crippen LogP) is 3.61. The lowest BCUT2D eigenvalue weighted by atomic mass is 10.1. The molecule has 2 N–H and O–H groups in total. The van der Waals surface area contributed by atoms with E-state index in [4.69, 9.17) is 13.9 Å². The third kappa shape index (κ3) is 5.31. The topological polar surface area (TPSA) is 89.8 Å². The SMILES string of the molecule is COc1cc([C@@H](C)NC(=O)[C@@H](C)NC(=O)c2ccco2)ccc1OC1CCCC1. The lowest BCUT2D eigenvalue weighted by Gasteiger charge is -2.21. The molecule has 1 aromatic heterocycles. The van der Waals surface area contributed by atoms with Crippen LogP contribution in [0.4, 0.5) is 0 Å². The molecule has 1 aliphatic carbocycles. The summed E-state index contributed by atoms with van der Waals surface area (Å²) in [4.78, 5) is 24.5. The maximum absolute atomic E-state index is 12.5. The molecule has 0 radical (unpaired) electrons. The van der Waals surface area contributed by atoms with Crippen LogP contribution in [0.3, 0.4) is 0 Å². The number of methoxy groups -OCH3 is 1. The van der Waals surface area contributed by atoms with E-state index >= 15 is 0 Å². The Labute approximate surface area is 170 Å². The van der Waals surface area contributed by atoms with Gasteiger partial charge < -0.3 is 24.5 Å². The molecule has 1 saturated carbocycles. The van der Waals surface area contributed by atoms with Gasteiger partial charge in [0.2, 0.25) is 5.91 Å². The summed E-state index contributed by atoms with van der Waals surface area (Å²) in [6.07, 6.45) is 6.18. The second-order valence-electron chi connectivity index (χ2n) is 7.34. The molecule has 0 bridgehead atoms. The van der Waals surface area contributed by atoms with E-state index in [1.807, 2.05) is 25.1 Å². The molecule has 2 atom stereocenters. The van der Waals surface area contributed by atoms with Gasteiger partial charge in [-0.25, -0.2) is 0 Å². The van der Waals surface area contributed by atoms with Crippen LogP contribution in [0.2, 0.25) is 0 Å². The van der Waals surface area contributed by atoms with Crippen molar-refractivity contribution in [2.24, 2.45) is 0 Å². The fourth-order valence-electron chi connectivity index (χ4n) is 3.40. The van der Waals surface area contributed by atoms with Crippen molar-refractivity contribution in [3.05, 3.63) is 47.9 Å². The first-order chi connectivity index (χ1) is 14.0. The summed E-state index contributed by atoms with van der Waals surface area (Å²) in [6.45, 7) is 3.51. The van der Waals surface area contributed by atoms with Crippen LogP contribution in [0.25, 0.3) is 0 Å². The summed E-state index contributed by atoms with van der Waals surface area (Å²) < 4.78 is 16.6. The normalized spacial score (nSPS) is 16.1. The van der Waals surface area contributed by atoms with E-state index < -0.39 is 11.9 Å². The monoisotopic (exact) mass is 400 g/mol. The number of ether oxygens (including phenoxy) is 2. The fraction of sp³-hybridized carbons (Fsp3) is 0.455. The van der Waals surface area contributed by atoms with Gasteiger partial charge in [0.15, 0.2) is 17.3 Å². The van der Waals surface area contributed by atoms with E-state index in [-0.39, 0.29) is 23.8 Å². The minimum atomic E-state index is -0.707. The molecule has 1 heterocycles. The van der Waals surface area contributed by atoms with Gasteiger partial charge in [-0.3, -0.25) is 9.59 Å². The molecule has 0 spiro atoms.